The number of benzene rings is 1. The monoisotopic (exact) mass is 221 g/mol. The summed E-state index contributed by atoms with van der Waals surface area (Å²) < 4.78 is 5.54. The Morgan fingerprint density at radius 1 is 1.56 bits per heavy atom. The zero-order chi connectivity index (χ0) is 11.5. The van der Waals surface area contributed by atoms with Gasteiger partial charge in [-0.1, -0.05) is 20.3 Å². The van der Waals surface area contributed by atoms with Crippen LogP contribution < -0.4 is 10.1 Å². The number of phenolic OH excluding ortho intramolecular Hbond substituents is 1. The maximum atomic E-state index is 9.34. The molecular weight excluding hydrogens is 202 g/mol. The second-order valence-electron chi connectivity index (χ2n) is 4.51. The molecule has 0 saturated heterocycles. The molecule has 16 heavy (non-hydrogen) atoms. The molecule has 1 aromatic rings. The Hall–Kier alpha value is -1.22. The van der Waals surface area contributed by atoms with E-state index in [4.69, 9.17) is 4.74 Å². The molecule has 2 atom stereocenters. The first kappa shape index (κ1) is 11.3. The van der Waals surface area contributed by atoms with Crippen molar-refractivity contribution in [1.82, 2.24) is 5.32 Å². The average Bonchev–Trinajstić information content (AvgIpc) is 2.68. The third-order valence-corrected chi connectivity index (χ3v) is 3.19. The SMILES string of the molecule is CCC(C)CNC1COc2cc(O)ccc21. The Morgan fingerprint density at radius 3 is 3.12 bits per heavy atom. The van der Waals surface area contributed by atoms with Gasteiger partial charge < -0.3 is 15.2 Å². The van der Waals surface area contributed by atoms with Gasteiger partial charge in [0, 0.05) is 11.6 Å². The van der Waals surface area contributed by atoms with E-state index in [1.54, 1.807) is 12.1 Å². The summed E-state index contributed by atoms with van der Waals surface area (Å²) in [6.07, 6.45) is 1.18. The van der Waals surface area contributed by atoms with E-state index in [1.165, 1.54) is 6.42 Å². The quantitative estimate of drug-likeness (QED) is 0.820. The van der Waals surface area contributed by atoms with Crippen molar-refractivity contribution >= 4 is 0 Å². The smallest absolute Gasteiger partial charge is 0.127 e. The topological polar surface area (TPSA) is 41.5 Å². The minimum absolute atomic E-state index is 0.265. The summed E-state index contributed by atoms with van der Waals surface area (Å²) in [5.41, 5.74) is 1.15. The molecule has 0 bridgehead atoms. The van der Waals surface area contributed by atoms with Gasteiger partial charge >= 0.3 is 0 Å². The van der Waals surface area contributed by atoms with Gasteiger partial charge in [-0.2, -0.15) is 0 Å². The zero-order valence-electron chi connectivity index (χ0n) is 9.86. The average molecular weight is 221 g/mol. The minimum Gasteiger partial charge on any atom is -0.508 e. The Kier molecular flexibility index (Phi) is 3.34. The summed E-state index contributed by atoms with van der Waals surface area (Å²) in [6.45, 7) is 6.10. The number of fused-ring (bicyclic) bond motifs is 1. The molecule has 1 aliphatic heterocycles. The molecule has 3 heteroatoms. The molecule has 1 aliphatic rings. The Labute approximate surface area is 96.4 Å². The minimum atomic E-state index is 0.265. The van der Waals surface area contributed by atoms with E-state index in [2.05, 4.69) is 19.2 Å². The Bertz CT molecular complexity index is 365. The van der Waals surface area contributed by atoms with Crippen molar-refractivity contribution in [3.05, 3.63) is 23.8 Å². The molecule has 3 nitrogen and oxygen atoms in total. The third-order valence-electron chi connectivity index (χ3n) is 3.19. The van der Waals surface area contributed by atoms with Crippen molar-refractivity contribution in [1.29, 1.82) is 0 Å². The molecule has 0 aliphatic carbocycles. The zero-order valence-corrected chi connectivity index (χ0v) is 9.86. The summed E-state index contributed by atoms with van der Waals surface area (Å²) >= 11 is 0. The van der Waals surface area contributed by atoms with Crippen molar-refractivity contribution < 1.29 is 9.84 Å². The molecular formula is C13H19NO2. The summed E-state index contributed by atoms with van der Waals surface area (Å²) in [5.74, 6) is 1.75. The van der Waals surface area contributed by atoms with Crippen molar-refractivity contribution in [2.45, 2.75) is 26.3 Å². The van der Waals surface area contributed by atoms with Gasteiger partial charge in [0.2, 0.25) is 0 Å². The molecule has 0 aromatic heterocycles. The predicted molar refractivity (Wildman–Crippen MR) is 63.8 cm³/mol. The number of nitrogens with one attached hydrogen (secondary N) is 1. The van der Waals surface area contributed by atoms with E-state index in [1.807, 2.05) is 6.07 Å². The molecule has 1 aromatic carbocycles. The lowest BCUT2D eigenvalue weighted by Gasteiger charge is -2.15. The van der Waals surface area contributed by atoms with Crippen LogP contribution in [0.3, 0.4) is 0 Å². The van der Waals surface area contributed by atoms with Gasteiger partial charge in [-0.25, -0.2) is 0 Å². The van der Waals surface area contributed by atoms with Gasteiger partial charge in [0.15, 0.2) is 0 Å². The summed E-state index contributed by atoms with van der Waals surface area (Å²) in [7, 11) is 0. The highest BCUT2D eigenvalue weighted by Crippen LogP contribution is 2.34. The lowest BCUT2D eigenvalue weighted by Crippen LogP contribution is -2.27. The molecule has 2 unspecified atom stereocenters. The first-order valence-electron chi connectivity index (χ1n) is 5.89. The van der Waals surface area contributed by atoms with Crippen LogP contribution >= 0.6 is 0 Å². The van der Waals surface area contributed by atoms with Gasteiger partial charge in [-0.3, -0.25) is 0 Å². The van der Waals surface area contributed by atoms with Crippen LogP contribution in [-0.2, 0) is 0 Å². The summed E-state index contributed by atoms with van der Waals surface area (Å²) in [4.78, 5) is 0. The number of aromatic hydroxyl groups is 1. The van der Waals surface area contributed by atoms with Gasteiger partial charge in [0.1, 0.15) is 18.1 Å². The molecule has 0 radical (unpaired) electrons. The van der Waals surface area contributed by atoms with Crippen LogP contribution in [0.2, 0.25) is 0 Å². The number of hydrogen-bond acceptors (Lipinski definition) is 3. The van der Waals surface area contributed by atoms with Gasteiger partial charge in [-0.05, 0) is 24.6 Å². The summed E-state index contributed by atoms with van der Waals surface area (Å²) in [6, 6.07) is 5.60. The van der Waals surface area contributed by atoms with Crippen LogP contribution in [0, 0.1) is 5.92 Å². The standard InChI is InChI=1S/C13H19NO2/c1-3-9(2)7-14-12-8-16-13-6-10(15)4-5-11(12)13/h4-6,9,12,14-15H,3,7-8H2,1-2H3. The van der Waals surface area contributed by atoms with Crippen LogP contribution in [0.1, 0.15) is 31.9 Å². The van der Waals surface area contributed by atoms with E-state index in [0.29, 0.717) is 12.5 Å². The van der Waals surface area contributed by atoms with E-state index in [0.717, 1.165) is 17.9 Å². The first-order chi connectivity index (χ1) is 7.70. The lowest BCUT2D eigenvalue weighted by molar-refractivity contribution is 0.303. The fraction of sp³-hybridized carbons (Fsp3) is 0.538. The number of phenols is 1. The fourth-order valence-electron chi connectivity index (χ4n) is 1.86. The number of rotatable bonds is 4. The summed E-state index contributed by atoms with van der Waals surface area (Å²) in [5, 5.41) is 12.8. The highest BCUT2D eigenvalue weighted by Gasteiger charge is 2.23. The van der Waals surface area contributed by atoms with Gasteiger partial charge in [-0.15, -0.1) is 0 Å². The molecule has 0 fully saturated rings. The largest absolute Gasteiger partial charge is 0.508 e. The molecule has 2 rings (SSSR count). The molecule has 2 N–H and O–H groups in total. The van der Waals surface area contributed by atoms with E-state index in [-0.39, 0.29) is 11.8 Å². The molecule has 0 spiro atoms. The Morgan fingerprint density at radius 2 is 2.38 bits per heavy atom. The molecule has 88 valence electrons. The predicted octanol–water partition coefficient (Wildman–Crippen LogP) is 2.46. The normalized spacial score (nSPS) is 20.2. The van der Waals surface area contributed by atoms with Crippen LogP contribution in [0.15, 0.2) is 18.2 Å². The highest BCUT2D eigenvalue weighted by atomic mass is 16.5. The van der Waals surface area contributed by atoms with E-state index < -0.39 is 0 Å². The van der Waals surface area contributed by atoms with Crippen molar-refractivity contribution in [3.63, 3.8) is 0 Å². The lowest BCUT2D eigenvalue weighted by atomic mass is 10.1. The van der Waals surface area contributed by atoms with Crippen LogP contribution in [0.4, 0.5) is 0 Å². The second-order valence-corrected chi connectivity index (χ2v) is 4.51. The van der Waals surface area contributed by atoms with Crippen LogP contribution in [0.25, 0.3) is 0 Å². The second kappa shape index (κ2) is 4.74. The number of ether oxygens (including phenoxy) is 1. The fourth-order valence-corrected chi connectivity index (χ4v) is 1.86. The third kappa shape index (κ3) is 2.30. The highest BCUT2D eigenvalue weighted by molar-refractivity contribution is 5.44. The Balaban J connectivity index is 2.01. The van der Waals surface area contributed by atoms with E-state index >= 15 is 0 Å². The van der Waals surface area contributed by atoms with E-state index in [9.17, 15) is 5.11 Å². The van der Waals surface area contributed by atoms with Crippen molar-refractivity contribution in [3.8, 4) is 11.5 Å². The maximum absolute atomic E-state index is 9.34. The molecule has 0 amide bonds. The van der Waals surface area contributed by atoms with Gasteiger partial charge in [0.25, 0.3) is 0 Å². The van der Waals surface area contributed by atoms with Crippen molar-refractivity contribution in [2.75, 3.05) is 13.2 Å². The van der Waals surface area contributed by atoms with Gasteiger partial charge in [0.05, 0.1) is 6.04 Å². The van der Waals surface area contributed by atoms with Crippen LogP contribution in [-0.4, -0.2) is 18.3 Å². The van der Waals surface area contributed by atoms with Crippen molar-refractivity contribution in [2.24, 2.45) is 5.92 Å². The van der Waals surface area contributed by atoms with Crippen LogP contribution in [0.5, 0.6) is 11.5 Å². The maximum Gasteiger partial charge on any atom is 0.127 e. The molecule has 0 saturated carbocycles. The molecule has 1 heterocycles. The first-order valence-corrected chi connectivity index (χ1v) is 5.89. The number of hydrogen-bond donors (Lipinski definition) is 2.